The zero-order chi connectivity index (χ0) is 8.15. The molecule has 0 saturated carbocycles. The molecule has 0 aliphatic carbocycles. The molecular weight excluding hydrogens is 136 g/mol. The summed E-state index contributed by atoms with van der Waals surface area (Å²) in [6.07, 6.45) is -0.329. The first-order valence-corrected chi connectivity index (χ1v) is 2.62. The Labute approximate surface area is 58.1 Å². The van der Waals surface area contributed by atoms with E-state index in [0.29, 0.717) is 0 Å². The smallest absolute Gasteiger partial charge is 0.330 e. The summed E-state index contributed by atoms with van der Waals surface area (Å²) in [6.45, 7) is 4.29. The maximum Gasteiger partial charge on any atom is 0.330 e. The highest BCUT2D eigenvalue weighted by atomic mass is 16.6. The molecule has 0 fully saturated rings. The molecule has 56 valence electrons. The average Bonchev–Trinajstić information content (AvgIpc) is 1.87. The Bertz CT molecular complexity index is 161. The Kier molecular flexibility index (Phi) is 3.17. The van der Waals surface area contributed by atoms with Gasteiger partial charge in [0, 0.05) is 6.08 Å². The number of ether oxygens (including phenoxy) is 1. The molecule has 0 saturated heterocycles. The van der Waals surface area contributed by atoms with Gasteiger partial charge in [-0.25, -0.2) is 4.79 Å². The van der Waals surface area contributed by atoms with Gasteiger partial charge in [0.25, 0.3) is 0 Å². The first-order chi connectivity index (χ1) is 4.57. The lowest BCUT2D eigenvalue weighted by Crippen LogP contribution is -2.36. The molecule has 0 amide bonds. The van der Waals surface area contributed by atoms with Gasteiger partial charge >= 0.3 is 5.97 Å². The van der Waals surface area contributed by atoms with E-state index in [1.54, 1.807) is 0 Å². The third-order valence-corrected chi connectivity index (χ3v) is 0.792. The van der Waals surface area contributed by atoms with Crippen LogP contribution in [0.25, 0.3) is 0 Å². The molecule has 0 spiro atoms. The zero-order valence-electron chi connectivity index (χ0n) is 5.49. The number of rotatable bonds is 3. The van der Waals surface area contributed by atoms with Crippen molar-refractivity contribution in [1.82, 2.24) is 0 Å². The number of aliphatic carboxylic acids is 1. The van der Waals surface area contributed by atoms with Crippen LogP contribution in [-0.4, -0.2) is 18.0 Å². The lowest BCUT2D eigenvalue weighted by molar-refractivity contribution is -0.314. The van der Waals surface area contributed by atoms with Crippen molar-refractivity contribution in [3.63, 3.8) is 0 Å². The van der Waals surface area contributed by atoms with Gasteiger partial charge < -0.3 is 14.6 Å². The van der Waals surface area contributed by atoms with E-state index >= 15 is 0 Å². The van der Waals surface area contributed by atoms with Crippen molar-refractivity contribution in [1.29, 1.82) is 0 Å². The summed E-state index contributed by atoms with van der Waals surface area (Å²) in [7, 11) is 0. The second-order valence-corrected chi connectivity index (χ2v) is 1.60. The molecule has 0 radical (unpaired) electrons. The van der Waals surface area contributed by atoms with Crippen molar-refractivity contribution >= 4 is 11.9 Å². The Morgan fingerprint density at radius 2 is 2.20 bits per heavy atom. The molecule has 1 atom stereocenters. The van der Waals surface area contributed by atoms with Crippen molar-refractivity contribution in [2.75, 3.05) is 0 Å². The molecule has 0 N–H and O–H groups in total. The maximum absolute atomic E-state index is 10.3. The molecule has 4 heteroatoms. The quantitative estimate of drug-likeness (QED) is 0.369. The van der Waals surface area contributed by atoms with Crippen LogP contribution in [0, 0.1) is 0 Å². The monoisotopic (exact) mass is 143 g/mol. The van der Waals surface area contributed by atoms with Crippen LogP contribution in [0.15, 0.2) is 12.7 Å². The van der Waals surface area contributed by atoms with Gasteiger partial charge in [0.15, 0.2) is 0 Å². The Morgan fingerprint density at radius 1 is 1.70 bits per heavy atom. The van der Waals surface area contributed by atoms with E-state index in [-0.39, 0.29) is 0 Å². The average molecular weight is 143 g/mol. The maximum atomic E-state index is 10.3. The van der Waals surface area contributed by atoms with Crippen LogP contribution < -0.4 is 5.11 Å². The standard InChI is InChI=1S/C6H8O4/c1-3-5(7)10-4(2)6(8)9/h3-4H,1H2,2H3,(H,8,9)/p-1. The predicted molar refractivity (Wildman–Crippen MR) is 30.8 cm³/mol. The topological polar surface area (TPSA) is 66.4 Å². The summed E-state index contributed by atoms with van der Waals surface area (Å²) < 4.78 is 4.24. The van der Waals surface area contributed by atoms with E-state index in [0.717, 1.165) is 6.08 Å². The first-order valence-electron chi connectivity index (χ1n) is 2.62. The molecule has 1 unspecified atom stereocenters. The van der Waals surface area contributed by atoms with Crippen LogP contribution in [0.5, 0.6) is 0 Å². The number of carbonyl (C=O) groups is 2. The Hall–Kier alpha value is -1.32. The molecule has 4 nitrogen and oxygen atoms in total. The highest BCUT2D eigenvalue weighted by Crippen LogP contribution is 1.89. The van der Waals surface area contributed by atoms with E-state index in [9.17, 15) is 14.7 Å². The minimum absolute atomic E-state index is 0.767. The van der Waals surface area contributed by atoms with Crippen molar-refractivity contribution in [3.8, 4) is 0 Å². The Balaban J connectivity index is 3.79. The number of carbonyl (C=O) groups excluding carboxylic acids is 2. The predicted octanol–water partition coefficient (Wildman–Crippen LogP) is -1.15. The van der Waals surface area contributed by atoms with Crippen LogP contribution in [0.1, 0.15) is 6.92 Å². The van der Waals surface area contributed by atoms with Gasteiger partial charge in [0.05, 0.1) is 5.97 Å². The van der Waals surface area contributed by atoms with Gasteiger partial charge in [0.1, 0.15) is 6.10 Å². The van der Waals surface area contributed by atoms with Crippen LogP contribution in [-0.2, 0) is 14.3 Å². The van der Waals surface area contributed by atoms with Gasteiger partial charge in [0.2, 0.25) is 0 Å². The first kappa shape index (κ1) is 8.68. The lowest BCUT2D eigenvalue weighted by Gasteiger charge is -2.11. The molecule has 0 bridgehead atoms. The molecule has 0 aliphatic rings. The van der Waals surface area contributed by atoms with Gasteiger partial charge in [-0.1, -0.05) is 6.58 Å². The summed E-state index contributed by atoms with van der Waals surface area (Å²) in [5.41, 5.74) is 0. The summed E-state index contributed by atoms with van der Waals surface area (Å²) >= 11 is 0. The lowest BCUT2D eigenvalue weighted by atomic mass is 10.4. The molecule has 0 aromatic rings. The number of carboxylic acids is 1. The molecule has 0 aliphatic heterocycles. The largest absolute Gasteiger partial charge is 0.546 e. The van der Waals surface area contributed by atoms with Crippen molar-refractivity contribution in [2.45, 2.75) is 13.0 Å². The molecule has 0 heterocycles. The second kappa shape index (κ2) is 3.66. The summed E-state index contributed by atoms with van der Waals surface area (Å²) in [4.78, 5) is 20.2. The minimum atomic E-state index is -1.42. The molecule has 10 heavy (non-hydrogen) atoms. The highest BCUT2D eigenvalue weighted by Gasteiger charge is 2.05. The van der Waals surface area contributed by atoms with E-state index in [1.807, 2.05) is 0 Å². The zero-order valence-corrected chi connectivity index (χ0v) is 5.49. The number of hydrogen-bond donors (Lipinski definition) is 0. The number of hydrogen-bond acceptors (Lipinski definition) is 4. The van der Waals surface area contributed by atoms with E-state index in [4.69, 9.17) is 0 Å². The fourth-order valence-electron chi connectivity index (χ4n) is 0.270. The van der Waals surface area contributed by atoms with Crippen LogP contribution in [0.3, 0.4) is 0 Å². The van der Waals surface area contributed by atoms with Crippen LogP contribution in [0.4, 0.5) is 0 Å². The normalized spacial score (nSPS) is 11.7. The fourth-order valence-corrected chi connectivity index (χ4v) is 0.270. The van der Waals surface area contributed by atoms with Gasteiger partial charge in [-0.15, -0.1) is 0 Å². The summed E-state index contributed by atoms with van der Waals surface area (Å²) in [5, 5.41) is 9.93. The molecule has 0 aromatic carbocycles. The van der Waals surface area contributed by atoms with E-state index < -0.39 is 18.0 Å². The van der Waals surface area contributed by atoms with Crippen molar-refractivity contribution < 1.29 is 19.4 Å². The second-order valence-electron chi connectivity index (χ2n) is 1.60. The molecular formula is C6H7O4-. The minimum Gasteiger partial charge on any atom is -0.546 e. The third kappa shape index (κ3) is 2.86. The van der Waals surface area contributed by atoms with Gasteiger partial charge in [-0.05, 0) is 6.92 Å². The third-order valence-electron chi connectivity index (χ3n) is 0.792. The van der Waals surface area contributed by atoms with Crippen molar-refractivity contribution in [2.24, 2.45) is 0 Å². The molecule has 0 rings (SSSR count). The number of esters is 1. The Morgan fingerprint density at radius 3 is 2.50 bits per heavy atom. The van der Waals surface area contributed by atoms with E-state index in [1.165, 1.54) is 6.92 Å². The van der Waals surface area contributed by atoms with Gasteiger partial charge in [-0.3, -0.25) is 0 Å². The summed E-state index contributed by atoms with van der Waals surface area (Å²) in [6, 6.07) is 0. The van der Waals surface area contributed by atoms with Crippen LogP contribution in [0.2, 0.25) is 0 Å². The van der Waals surface area contributed by atoms with Crippen molar-refractivity contribution in [3.05, 3.63) is 12.7 Å². The van der Waals surface area contributed by atoms with Crippen LogP contribution >= 0.6 is 0 Å². The highest BCUT2D eigenvalue weighted by molar-refractivity contribution is 5.84. The number of carboxylic acid groups (broad SMARTS) is 1. The molecule has 0 aromatic heterocycles. The SMILES string of the molecule is C=CC(=O)OC(C)C(=O)[O-]. The van der Waals surface area contributed by atoms with E-state index in [2.05, 4.69) is 11.3 Å². The summed E-state index contributed by atoms with van der Waals surface area (Å²) in [5.74, 6) is -2.19. The fraction of sp³-hybridized carbons (Fsp3) is 0.333. The van der Waals surface area contributed by atoms with Gasteiger partial charge in [-0.2, -0.15) is 0 Å².